The van der Waals surface area contributed by atoms with Gasteiger partial charge in [0.15, 0.2) is 6.29 Å². The van der Waals surface area contributed by atoms with E-state index in [4.69, 9.17) is 34.2 Å². The highest BCUT2D eigenvalue weighted by Gasteiger charge is 2.60. The summed E-state index contributed by atoms with van der Waals surface area (Å²) in [6.07, 6.45) is -25.3. The molecule has 0 saturated carbocycles. The highest BCUT2D eigenvalue weighted by molar-refractivity contribution is 5.76. The Morgan fingerprint density at radius 2 is 1.45 bits per heavy atom. The molecule has 3 heterocycles. The number of aliphatic carboxylic acids is 1. The SMILES string of the molecule is CC(=O)N[C@H]1[C@H](Oc2ccc(N)cc2)O[C@H](CO)[C@@H](O[C@@H]2O[C@H](CO)[C@H](O)[C@H](O[C@]3(C(=O)O)C[C@H](O)[C@@H](NC(C)=O)[C@H]([C@H](O)[C@H](O)CO)O3)[C@H]2O)[C@@H]1O. The third kappa shape index (κ3) is 9.49. The summed E-state index contributed by atoms with van der Waals surface area (Å²) in [5.41, 5.74) is 6.13. The van der Waals surface area contributed by atoms with E-state index in [2.05, 4.69) is 10.6 Å². The van der Waals surface area contributed by atoms with Crippen LogP contribution in [0.1, 0.15) is 20.3 Å². The monoisotopic (exact) mass is 765 g/mol. The molecule has 0 bridgehead atoms. The van der Waals surface area contributed by atoms with Crippen LogP contribution in [-0.4, -0.2) is 186 Å². The molecule has 3 fully saturated rings. The number of hydrogen-bond donors (Lipinski definition) is 13. The number of amides is 2. The predicted molar refractivity (Wildman–Crippen MR) is 171 cm³/mol. The number of carboxylic acids is 1. The maximum atomic E-state index is 12.8. The first-order chi connectivity index (χ1) is 25.0. The summed E-state index contributed by atoms with van der Waals surface area (Å²) in [6, 6.07) is 3.05. The second-order valence-corrected chi connectivity index (χ2v) is 12.9. The molecule has 0 aromatic heterocycles. The van der Waals surface area contributed by atoms with Crippen LogP contribution in [0.25, 0.3) is 0 Å². The fourth-order valence-electron chi connectivity index (χ4n) is 6.33. The molecule has 1 aromatic rings. The van der Waals surface area contributed by atoms with E-state index < -0.39 is 142 Å². The van der Waals surface area contributed by atoms with E-state index >= 15 is 0 Å². The molecule has 22 heteroatoms. The van der Waals surface area contributed by atoms with Crippen molar-refractivity contribution in [1.82, 2.24) is 10.6 Å². The number of benzene rings is 1. The summed E-state index contributed by atoms with van der Waals surface area (Å²) < 4.78 is 34.3. The van der Waals surface area contributed by atoms with Gasteiger partial charge in [-0.1, -0.05) is 0 Å². The number of anilines is 1. The maximum absolute atomic E-state index is 12.8. The molecule has 0 spiro atoms. The van der Waals surface area contributed by atoms with Crippen molar-refractivity contribution in [3.05, 3.63) is 24.3 Å². The van der Waals surface area contributed by atoms with Crippen molar-refractivity contribution < 1.29 is 93.9 Å². The van der Waals surface area contributed by atoms with Crippen LogP contribution in [0, 0.1) is 0 Å². The molecule has 1 aromatic carbocycles. The molecule has 3 saturated heterocycles. The zero-order valence-electron chi connectivity index (χ0n) is 28.5. The van der Waals surface area contributed by atoms with Gasteiger partial charge in [0.1, 0.15) is 72.8 Å². The van der Waals surface area contributed by atoms with Crippen LogP contribution in [0.15, 0.2) is 24.3 Å². The summed E-state index contributed by atoms with van der Waals surface area (Å²) >= 11 is 0. The minimum absolute atomic E-state index is 0.208. The van der Waals surface area contributed by atoms with E-state index in [-0.39, 0.29) is 5.75 Å². The summed E-state index contributed by atoms with van der Waals surface area (Å²) in [5.74, 6) is -6.20. The molecule has 0 unspecified atom stereocenters. The minimum atomic E-state index is -3.05. The largest absolute Gasteiger partial charge is 0.477 e. The highest BCUT2D eigenvalue weighted by Crippen LogP contribution is 2.38. The van der Waals surface area contributed by atoms with Crippen molar-refractivity contribution in [2.75, 3.05) is 25.6 Å². The summed E-state index contributed by atoms with van der Waals surface area (Å²) in [5, 5.41) is 111. The van der Waals surface area contributed by atoms with Crippen molar-refractivity contribution in [3.63, 3.8) is 0 Å². The van der Waals surface area contributed by atoms with E-state index in [0.29, 0.717) is 5.69 Å². The second kappa shape index (κ2) is 17.9. The predicted octanol–water partition coefficient (Wildman–Crippen LogP) is -6.41. The minimum Gasteiger partial charge on any atom is -0.477 e. The number of carbonyl (C=O) groups excluding carboxylic acids is 2. The van der Waals surface area contributed by atoms with Crippen molar-refractivity contribution in [1.29, 1.82) is 0 Å². The van der Waals surface area contributed by atoms with Crippen molar-refractivity contribution in [2.24, 2.45) is 0 Å². The van der Waals surface area contributed by atoms with Gasteiger partial charge >= 0.3 is 5.97 Å². The van der Waals surface area contributed by atoms with Gasteiger partial charge in [-0.05, 0) is 24.3 Å². The van der Waals surface area contributed by atoms with Gasteiger partial charge in [0, 0.05) is 26.0 Å². The average Bonchev–Trinajstić information content (AvgIpc) is 3.11. The number of aliphatic hydroxyl groups is 9. The van der Waals surface area contributed by atoms with Gasteiger partial charge in [-0.15, -0.1) is 0 Å². The van der Waals surface area contributed by atoms with E-state index in [1.165, 1.54) is 24.3 Å². The number of carbonyl (C=O) groups is 3. The molecule has 0 aliphatic carbocycles. The third-order valence-electron chi connectivity index (χ3n) is 8.98. The number of ether oxygens (including phenoxy) is 6. The number of nitrogens with two attached hydrogens (primary N) is 1. The average molecular weight is 766 g/mol. The maximum Gasteiger partial charge on any atom is 0.364 e. The van der Waals surface area contributed by atoms with E-state index in [1.54, 1.807) is 0 Å². The number of nitrogen functional groups attached to an aromatic ring is 1. The van der Waals surface area contributed by atoms with Crippen LogP contribution in [0.4, 0.5) is 5.69 Å². The van der Waals surface area contributed by atoms with Crippen molar-refractivity contribution >= 4 is 23.5 Å². The molecule has 16 atom stereocenters. The Morgan fingerprint density at radius 3 is 2.00 bits per heavy atom. The number of aliphatic hydroxyl groups excluding tert-OH is 9. The molecule has 3 aliphatic heterocycles. The number of nitrogens with one attached hydrogen (secondary N) is 2. The smallest absolute Gasteiger partial charge is 0.364 e. The van der Waals surface area contributed by atoms with Crippen molar-refractivity contribution in [3.8, 4) is 5.75 Å². The van der Waals surface area contributed by atoms with E-state index in [9.17, 15) is 65.4 Å². The molecule has 14 N–H and O–H groups in total. The molecule has 53 heavy (non-hydrogen) atoms. The number of carboxylic acid groups (broad SMARTS) is 1. The van der Waals surface area contributed by atoms with Gasteiger partial charge in [0.25, 0.3) is 5.79 Å². The number of rotatable bonds is 14. The Morgan fingerprint density at radius 1 is 0.868 bits per heavy atom. The quantitative estimate of drug-likeness (QED) is 0.0783. The summed E-state index contributed by atoms with van der Waals surface area (Å²) in [7, 11) is 0. The van der Waals surface area contributed by atoms with Crippen LogP contribution in [0.5, 0.6) is 5.75 Å². The van der Waals surface area contributed by atoms with Gasteiger partial charge in [-0.2, -0.15) is 0 Å². The van der Waals surface area contributed by atoms with Crippen LogP contribution in [-0.2, 0) is 38.1 Å². The zero-order chi connectivity index (χ0) is 39.4. The lowest BCUT2D eigenvalue weighted by molar-refractivity contribution is -0.381. The van der Waals surface area contributed by atoms with E-state index in [1.807, 2.05) is 0 Å². The molecule has 3 aliphatic rings. The molecule has 300 valence electrons. The fourth-order valence-corrected chi connectivity index (χ4v) is 6.33. The molecule has 4 rings (SSSR count). The Bertz CT molecular complexity index is 1390. The Hall–Kier alpha value is -3.33. The van der Waals surface area contributed by atoms with E-state index in [0.717, 1.165) is 13.8 Å². The molecule has 0 radical (unpaired) electrons. The van der Waals surface area contributed by atoms with Gasteiger partial charge in [0.2, 0.25) is 18.1 Å². The Labute approximate surface area is 301 Å². The first-order valence-corrected chi connectivity index (χ1v) is 16.5. The first kappa shape index (κ1) is 42.4. The van der Waals surface area contributed by atoms with Crippen LogP contribution in [0.2, 0.25) is 0 Å². The number of hydrogen-bond acceptors (Lipinski definition) is 19. The summed E-state index contributed by atoms with van der Waals surface area (Å²) in [6.45, 7) is -0.691. The van der Waals surface area contributed by atoms with Gasteiger partial charge in [-0.25, -0.2) is 4.79 Å². The molecular formula is C31H47N3O19. The zero-order valence-corrected chi connectivity index (χ0v) is 28.5. The molecule has 22 nitrogen and oxygen atoms in total. The van der Waals surface area contributed by atoms with Crippen molar-refractivity contribution in [2.45, 2.75) is 118 Å². The van der Waals surface area contributed by atoms with Crippen LogP contribution < -0.4 is 21.1 Å². The first-order valence-electron chi connectivity index (χ1n) is 16.5. The highest BCUT2D eigenvalue weighted by atomic mass is 16.8. The van der Waals surface area contributed by atoms with Gasteiger partial charge in [0.05, 0.1) is 32.0 Å². The van der Waals surface area contributed by atoms with Gasteiger partial charge in [-0.3, -0.25) is 9.59 Å². The Balaban J connectivity index is 1.63. The topological polar surface area (TPSA) is 359 Å². The lowest BCUT2D eigenvalue weighted by Crippen LogP contribution is -2.71. The lowest BCUT2D eigenvalue weighted by atomic mass is 9.88. The van der Waals surface area contributed by atoms with Crippen LogP contribution >= 0.6 is 0 Å². The Kier molecular flexibility index (Phi) is 14.3. The lowest BCUT2D eigenvalue weighted by Gasteiger charge is -2.50. The molecular weight excluding hydrogens is 718 g/mol. The van der Waals surface area contributed by atoms with Gasteiger partial charge < -0.3 is 95.9 Å². The molecule has 2 amide bonds. The standard InChI is InChI=1S/C31H47N3O19/c1-11(38)33-19-15(40)7-31(30(46)47,52-26(19)21(42)16(41)8-35)53-27-22(43)17(9-36)49-29(24(27)45)51-25-18(10-37)50-28(20(23(25)44)34-12(2)39)48-14-5-3-13(32)4-6-14/h3-6,15-29,35-37,40-45H,7-10,32H2,1-2H3,(H,33,38)(H,34,39)(H,46,47)/t15-,16+,17+,18+,19+,20+,21+,22-,23+,24+,25+,26+,27-,28+,29-,31-/m0/s1. The third-order valence-corrected chi connectivity index (χ3v) is 8.98. The normalized spacial score (nSPS) is 38.7. The van der Waals surface area contributed by atoms with Crippen LogP contribution in [0.3, 0.4) is 0 Å². The summed E-state index contributed by atoms with van der Waals surface area (Å²) in [4.78, 5) is 36.8. The second-order valence-electron chi connectivity index (χ2n) is 12.9. The fraction of sp³-hybridized carbons (Fsp3) is 0.710.